The van der Waals surface area contributed by atoms with Gasteiger partial charge in [-0.3, -0.25) is 4.79 Å². The van der Waals surface area contributed by atoms with Gasteiger partial charge in [0.05, 0.1) is 25.2 Å². The molecule has 0 bridgehead atoms. The Balaban J connectivity index is 2.00. The van der Waals surface area contributed by atoms with Crippen molar-refractivity contribution in [3.63, 3.8) is 0 Å². The number of aromatic amines is 1. The van der Waals surface area contributed by atoms with Crippen molar-refractivity contribution in [2.75, 3.05) is 12.4 Å². The van der Waals surface area contributed by atoms with E-state index in [1.54, 1.807) is 31.8 Å². The molecule has 6 heteroatoms. The minimum Gasteiger partial charge on any atom is -0.495 e. The van der Waals surface area contributed by atoms with Crippen molar-refractivity contribution in [2.24, 2.45) is 5.73 Å². The molecule has 0 saturated heterocycles. The molecule has 0 aliphatic rings. The number of imidazole rings is 1. The number of hydrogen-bond donors (Lipinski definition) is 3. The highest BCUT2D eigenvalue weighted by atomic mass is 16.5. The van der Waals surface area contributed by atoms with Crippen molar-refractivity contribution in [3.8, 4) is 5.75 Å². The predicted molar refractivity (Wildman–Crippen MR) is 71.9 cm³/mol. The molecule has 0 saturated carbocycles. The van der Waals surface area contributed by atoms with Gasteiger partial charge in [-0.15, -0.1) is 0 Å². The number of nitrogens with zero attached hydrogens (tertiary/aromatic N) is 1. The number of nitrogens with two attached hydrogens (primary N) is 1. The normalized spacial score (nSPS) is 11.9. The van der Waals surface area contributed by atoms with Crippen LogP contribution in [-0.4, -0.2) is 29.0 Å². The summed E-state index contributed by atoms with van der Waals surface area (Å²) in [6, 6.07) is 6.54. The van der Waals surface area contributed by atoms with E-state index in [-0.39, 0.29) is 5.91 Å². The lowest BCUT2D eigenvalue weighted by Crippen LogP contribution is -2.37. The van der Waals surface area contributed by atoms with Crippen LogP contribution in [0.25, 0.3) is 0 Å². The molecule has 4 N–H and O–H groups in total. The lowest BCUT2D eigenvalue weighted by atomic mass is 10.1. The van der Waals surface area contributed by atoms with Crippen LogP contribution in [0, 0.1) is 0 Å². The maximum absolute atomic E-state index is 12.0. The van der Waals surface area contributed by atoms with Gasteiger partial charge in [0, 0.05) is 18.3 Å². The van der Waals surface area contributed by atoms with Gasteiger partial charge in [0.2, 0.25) is 5.91 Å². The summed E-state index contributed by atoms with van der Waals surface area (Å²) in [6.45, 7) is 0. The number of carbonyl (C=O) groups excluding carboxylic acids is 1. The number of carbonyl (C=O) groups is 1. The maximum atomic E-state index is 12.0. The lowest BCUT2D eigenvalue weighted by molar-refractivity contribution is -0.117. The molecule has 6 nitrogen and oxygen atoms in total. The van der Waals surface area contributed by atoms with Crippen LogP contribution in [-0.2, 0) is 11.2 Å². The van der Waals surface area contributed by atoms with E-state index in [1.807, 2.05) is 12.1 Å². The zero-order valence-corrected chi connectivity index (χ0v) is 10.6. The minimum atomic E-state index is -0.648. The fourth-order valence-corrected chi connectivity index (χ4v) is 1.70. The number of rotatable bonds is 5. The van der Waals surface area contributed by atoms with Crippen LogP contribution < -0.4 is 15.8 Å². The molecule has 0 aliphatic carbocycles. The lowest BCUT2D eigenvalue weighted by Gasteiger charge is -2.13. The van der Waals surface area contributed by atoms with E-state index < -0.39 is 6.04 Å². The first-order valence-corrected chi connectivity index (χ1v) is 5.87. The molecule has 100 valence electrons. The number of aromatic nitrogens is 2. The number of hydrogen-bond acceptors (Lipinski definition) is 4. The van der Waals surface area contributed by atoms with Gasteiger partial charge in [-0.1, -0.05) is 12.1 Å². The zero-order chi connectivity index (χ0) is 13.7. The third-order valence-electron chi connectivity index (χ3n) is 2.70. The van der Waals surface area contributed by atoms with Crippen molar-refractivity contribution in [3.05, 3.63) is 42.5 Å². The molecule has 1 atom stereocenters. The molecule has 0 spiro atoms. The Morgan fingerprint density at radius 3 is 3.00 bits per heavy atom. The summed E-state index contributed by atoms with van der Waals surface area (Å²) in [5.41, 5.74) is 7.28. The summed E-state index contributed by atoms with van der Waals surface area (Å²) < 4.78 is 5.16. The zero-order valence-electron chi connectivity index (χ0n) is 10.6. The average molecular weight is 260 g/mol. The minimum absolute atomic E-state index is 0.265. The van der Waals surface area contributed by atoms with Crippen LogP contribution in [0.15, 0.2) is 36.8 Å². The highest BCUT2D eigenvalue weighted by Crippen LogP contribution is 2.23. The summed E-state index contributed by atoms with van der Waals surface area (Å²) in [5.74, 6) is 0.337. The third kappa shape index (κ3) is 3.32. The summed E-state index contributed by atoms with van der Waals surface area (Å²) in [4.78, 5) is 18.8. The molecule has 1 amide bonds. The van der Waals surface area contributed by atoms with E-state index in [4.69, 9.17) is 10.5 Å². The average Bonchev–Trinajstić information content (AvgIpc) is 2.92. The quantitative estimate of drug-likeness (QED) is 0.745. The number of para-hydroxylation sites is 2. The molecule has 0 unspecified atom stereocenters. The molecule has 0 fully saturated rings. The van der Waals surface area contributed by atoms with Gasteiger partial charge >= 0.3 is 0 Å². The van der Waals surface area contributed by atoms with E-state index in [1.165, 1.54) is 0 Å². The second-order valence-corrected chi connectivity index (χ2v) is 4.08. The monoisotopic (exact) mass is 260 g/mol. The van der Waals surface area contributed by atoms with Gasteiger partial charge in [0.25, 0.3) is 0 Å². The SMILES string of the molecule is COc1ccccc1NC(=O)[C@H](N)Cc1cnc[nH]1. The van der Waals surface area contributed by atoms with Crippen LogP contribution in [0.5, 0.6) is 5.75 Å². The third-order valence-corrected chi connectivity index (χ3v) is 2.70. The van der Waals surface area contributed by atoms with Gasteiger partial charge < -0.3 is 20.8 Å². The Morgan fingerprint density at radius 2 is 2.32 bits per heavy atom. The van der Waals surface area contributed by atoms with E-state index in [0.29, 0.717) is 17.9 Å². The number of amides is 1. The van der Waals surface area contributed by atoms with Crippen molar-refractivity contribution in [1.82, 2.24) is 9.97 Å². The number of H-pyrrole nitrogens is 1. The van der Waals surface area contributed by atoms with Crippen LogP contribution >= 0.6 is 0 Å². The Labute approximate surface area is 111 Å². The van der Waals surface area contributed by atoms with E-state index in [9.17, 15) is 4.79 Å². The fourth-order valence-electron chi connectivity index (χ4n) is 1.70. The Morgan fingerprint density at radius 1 is 1.53 bits per heavy atom. The smallest absolute Gasteiger partial charge is 0.241 e. The van der Waals surface area contributed by atoms with Crippen LogP contribution in [0.3, 0.4) is 0 Å². The number of benzene rings is 1. The summed E-state index contributed by atoms with van der Waals surface area (Å²) in [6.07, 6.45) is 3.61. The molecule has 0 aliphatic heterocycles. The highest BCUT2D eigenvalue weighted by Gasteiger charge is 2.16. The molecule has 19 heavy (non-hydrogen) atoms. The number of anilines is 1. The fraction of sp³-hybridized carbons (Fsp3) is 0.231. The number of ether oxygens (including phenoxy) is 1. The second kappa shape index (κ2) is 6.01. The molecule has 1 aromatic heterocycles. The summed E-state index contributed by atoms with van der Waals surface area (Å²) in [5, 5.41) is 2.75. The number of methoxy groups -OCH3 is 1. The molecule has 1 aromatic carbocycles. The first-order chi connectivity index (χ1) is 9.20. The molecule has 1 heterocycles. The van der Waals surface area contributed by atoms with E-state index >= 15 is 0 Å². The van der Waals surface area contributed by atoms with Crippen molar-refractivity contribution in [2.45, 2.75) is 12.5 Å². The molecule has 2 aromatic rings. The van der Waals surface area contributed by atoms with Crippen molar-refractivity contribution >= 4 is 11.6 Å². The topological polar surface area (TPSA) is 93.0 Å². The second-order valence-electron chi connectivity index (χ2n) is 4.08. The van der Waals surface area contributed by atoms with E-state index in [2.05, 4.69) is 15.3 Å². The Hall–Kier alpha value is -2.34. The maximum Gasteiger partial charge on any atom is 0.241 e. The first kappa shape index (κ1) is 13.1. The van der Waals surface area contributed by atoms with Gasteiger partial charge in [0.1, 0.15) is 5.75 Å². The largest absolute Gasteiger partial charge is 0.495 e. The van der Waals surface area contributed by atoms with Crippen LogP contribution in [0.4, 0.5) is 5.69 Å². The molecular weight excluding hydrogens is 244 g/mol. The van der Waals surface area contributed by atoms with Crippen molar-refractivity contribution < 1.29 is 9.53 Å². The molecular formula is C13H16N4O2. The van der Waals surface area contributed by atoms with E-state index in [0.717, 1.165) is 5.69 Å². The predicted octanol–water partition coefficient (Wildman–Crippen LogP) is 0.927. The van der Waals surface area contributed by atoms with Gasteiger partial charge in [-0.25, -0.2) is 4.98 Å². The van der Waals surface area contributed by atoms with Crippen LogP contribution in [0.2, 0.25) is 0 Å². The molecule has 0 radical (unpaired) electrons. The van der Waals surface area contributed by atoms with Crippen molar-refractivity contribution in [1.29, 1.82) is 0 Å². The van der Waals surface area contributed by atoms with Crippen LogP contribution in [0.1, 0.15) is 5.69 Å². The summed E-state index contributed by atoms with van der Waals surface area (Å²) in [7, 11) is 1.55. The Kier molecular flexibility index (Phi) is 4.15. The summed E-state index contributed by atoms with van der Waals surface area (Å²) >= 11 is 0. The molecule has 2 rings (SSSR count). The highest BCUT2D eigenvalue weighted by molar-refractivity contribution is 5.96. The van der Waals surface area contributed by atoms with Gasteiger partial charge in [0.15, 0.2) is 0 Å². The number of nitrogens with one attached hydrogen (secondary N) is 2. The van der Waals surface area contributed by atoms with Gasteiger partial charge in [-0.05, 0) is 12.1 Å². The van der Waals surface area contributed by atoms with Gasteiger partial charge in [-0.2, -0.15) is 0 Å². The first-order valence-electron chi connectivity index (χ1n) is 5.87. The standard InChI is InChI=1S/C13H16N4O2/c1-19-12-5-3-2-4-11(12)17-13(18)10(14)6-9-7-15-8-16-9/h2-5,7-8,10H,6,14H2,1H3,(H,15,16)(H,17,18)/t10-/m1/s1. The Bertz CT molecular complexity index is 539.